The molecule has 0 saturated heterocycles. The Morgan fingerprint density at radius 1 is 1.24 bits per heavy atom. The van der Waals surface area contributed by atoms with Crippen LogP contribution in [-0.4, -0.2) is 27.3 Å². The number of aryl methyl sites for hydroxylation is 1. The zero-order valence-electron chi connectivity index (χ0n) is 16.3. The van der Waals surface area contributed by atoms with Gasteiger partial charge in [0.15, 0.2) is 5.82 Å². The third-order valence-corrected chi connectivity index (χ3v) is 5.37. The van der Waals surface area contributed by atoms with Crippen molar-refractivity contribution >= 4 is 23.0 Å². The van der Waals surface area contributed by atoms with Crippen LogP contribution in [-0.2, 0) is 22.7 Å². The number of hydrogen-bond acceptors (Lipinski definition) is 5. The molecule has 0 radical (unpaired) electrons. The van der Waals surface area contributed by atoms with Gasteiger partial charge >= 0.3 is 0 Å². The number of rotatable bonds is 3. The first-order valence-corrected chi connectivity index (χ1v) is 9.59. The third-order valence-electron chi connectivity index (χ3n) is 5.37. The van der Waals surface area contributed by atoms with E-state index in [0.717, 1.165) is 51.7 Å². The van der Waals surface area contributed by atoms with Gasteiger partial charge in [0.25, 0.3) is 5.91 Å². The summed E-state index contributed by atoms with van der Waals surface area (Å²) in [7, 11) is 0. The highest BCUT2D eigenvalue weighted by atomic mass is 16.5. The molecule has 3 aromatic rings. The van der Waals surface area contributed by atoms with E-state index < -0.39 is 0 Å². The van der Waals surface area contributed by atoms with E-state index in [9.17, 15) is 4.79 Å². The topological polar surface area (TPSA) is 81.1 Å². The van der Waals surface area contributed by atoms with Gasteiger partial charge in [-0.2, -0.15) is 5.10 Å². The predicted octanol–water partition coefficient (Wildman–Crippen LogP) is 3.58. The van der Waals surface area contributed by atoms with E-state index in [1.165, 1.54) is 0 Å². The molecule has 0 fully saturated rings. The first kappa shape index (κ1) is 17.6. The fraction of sp³-hybridized carbons (Fsp3) is 0.227. The second kappa shape index (κ2) is 6.86. The highest BCUT2D eigenvalue weighted by molar-refractivity contribution is 6.32. The predicted molar refractivity (Wildman–Crippen MR) is 111 cm³/mol. The van der Waals surface area contributed by atoms with Gasteiger partial charge in [-0.1, -0.05) is 6.07 Å². The Labute approximate surface area is 168 Å². The summed E-state index contributed by atoms with van der Waals surface area (Å²) in [6.07, 6.45) is 3.64. The van der Waals surface area contributed by atoms with Gasteiger partial charge in [-0.25, -0.2) is 0 Å². The molecule has 2 N–H and O–H groups in total. The van der Waals surface area contributed by atoms with Crippen LogP contribution in [0.2, 0.25) is 0 Å². The zero-order chi connectivity index (χ0) is 20.0. The molecule has 0 unspecified atom stereocenters. The highest BCUT2D eigenvalue weighted by Crippen LogP contribution is 2.37. The fourth-order valence-corrected chi connectivity index (χ4v) is 3.88. The molecule has 29 heavy (non-hydrogen) atoms. The van der Waals surface area contributed by atoms with Crippen molar-refractivity contribution in [1.82, 2.24) is 14.8 Å². The summed E-state index contributed by atoms with van der Waals surface area (Å²) in [6.45, 7) is 5.92. The zero-order valence-corrected chi connectivity index (χ0v) is 16.3. The number of nitrogens with one attached hydrogen (secondary N) is 2. The number of carbonyl (C=O) groups excluding carboxylic acids is 1. The first-order chi connectivity index (χ1) is 14.1. The molecule has 4 heterocycles. The van der Waals surface area contributed by atoms with Crippen LogP contribution in [0.3, 0.4) is 0 Å². The number of fused-ring (bicyclic) bond motifs is 2. The van der Waals surface area contributed by atoms with E-state index in [0.29, 0.717) is 18.8 Å². The first-order valence-electron chi connectivity index (χ1n) is 9.59. The second-order valence-electron chi connectivity index (χ2n) is 7.33. The second-order valence-corrected chi connectivity index (χ2v) is 7.33. The fourth-order valence-electron chi connectivity index (χ4n) is 3.88. The van der Waals surface area contributed by atoms with Crippen LogP contribution in [0.1, 0.15) is 23.7 Å². The monoisotopic (exact) mass is 387 g/mol. The summed E-state index contributed by atoms with van der Waals surface area (Å²) in [5.74, 6) is 0.605. The Hall–Kier alpha value is -3.45. The number of ether oxygens (including phenoxy) is 1. The van der Waals surface area contributed by atoms with Crippen LogP contribution in [0.25, 0.3) is 16.7 Å². The Kier molecular flexibility index (Phi) is 4.17. The molecular formula is C22H21N5O2. The smallest absolute Gasteiger partial charge is 0.258 e. The minimum Gasteiger partial charge on any atom is -0.373 e. The van der Waals surface area contributed by atoms with Crippen LogP contribution in [0, 0.1) is 6.92 Å². The molecule has 1 aromatic carbocycles. The van der Waals surface area contributed by atoms with Crippen molar-refractivity contribution < 1.29 is 9.53 Å². The van der Waals surface area contributed by atoms with Crippen LogP contribution < -0.4 is 10.6 Å². The molecule has 2 aliphatic rings. The summed E-state index contributed by atoms with van der Waals surface area (Å²) < 4.78 is 7.41. The molecule has 7 heteroatoms. The van der Waals surface area contributed by atoms with E-state index in [4.69, 9.17) is 4.74 Å². The molecular weight excluding hydrogens is 366 g/mol. The van der Waals surface area contributed by atoms with Gasteiger partial charge in [-0.15, -0.1) is 0 Å². The summed E-state index contributed by atoms with van der Waals surface area (Å²) >= 11 is 0. The van der Waals surface area contributed by atoms with Gasteiger partial charge < -0.3 is 15.4 Å². The number of pyridine rings is 1. The molecule has 0 atom stereocenters. The van der Waals surface area contributed by atoms with Crippen LogP contribution in [0.15, 0.2) is 48.4 Å². The molecule has 0 bridgehead atoms. The molecule has 0 saturated carbocycles. The molecule has 0 spiro atoms. The minimum atomic E-state index is -0.114. The average Bonchev–Trinajstić information content (AvgIpc) is 3.26. The van der Waals surface area contributed by atoms with Gasteiger partial charge in [0, 0.05) is 41.0 Å². The van der Waals surface area contributed by atoms with Crippen molar-refractivity contribution in [2.24, 2.45) is 0 Å². The van der Waals surface area contributed by atoms with E-state index in [1.54, 1.807) is 6.20 Å². The van der Waals surface area contributed by atoms with Gasteiger partial charge in [0.2, 0.25) is 0 Å². The lowest BCUT2D eigenvalue weighted by atomic mass is 9.97. The van der Waals surface area contributed by atoms with Crippen molar-refractivity contribution in [3.63, 3.8) is 0 Å². The quantitative estimate of drug-likeness (QED) is 0.672. The Bertz CT molecular complexity index is 1140. The normalized spacial score (nSPS) is 16.8. The van der Waals surface area contributed by atoms with Crippen LogP contribution in [0.4, 0.5) is 11.5 Å². The number of aromatic nitrogens is 3. The van der Waals surface area contributed by atoms with E-state index in [-0.39, 0.29) is 5.91 Å². The molecule has 5 rings (SSSR count). The molecule has 146 valence electrons. The number of carbonyl (C=O) groups is 1. The lowest BCUT2D eigenvalue weighted by molar-refractivity contribution is -0.110. The van der Waals surface area contributed by atoms with Gasteiger partial charge in [0.1, 0.15) is 0 Å². The number of nitrogens with zero attached hydrogens (tertiary/aromatic N) is 3. The molecule has 0 aliphatic carbocycles. The molecule has 1 amide bonds. The Morgan fingerprint density at radius 2 is 2.14 bits per heavy atom. The van der Waals surface area contributed by atoms with E-state index >= 15 is 0 Å². The van der Waals surface area contributed by atoms with Crippen molar-refractivity contribution in [1.29, 1.82) is 0 Å². The van der Waals surface area contributed by atoms with E-state index in [2.05, 4.69) is 27.6 Å². The SMILES string of the molecule is C/C(Nc1cc2n(n1)CCOC2)=C1/C(=O)Nc2ccc(-c3cnccc3C)cc21. The number of benzene rings is 1. The van der Waals surface area contributed by atoms with Crippen molar-refractivity contribution in [3.8, 4) is 11.1 Å². The number of allylic oxidation sites excluding steroid dienone is 1. The Balaban J connectivity index is 1.53. The van der Waals surface area contributed by atoms with Gasteiger partial charge in [0.05, 0.1) is 31.0 Å². The summed E-state index contributed by atoms with van der Waals surface area (Å²) in [5.41, 5.74) is 7.35. The number of hydrogen-bond donors (Lipinski definition) is 2. The summed E-state index contributed by atoms with van der Waals surface area (Å²) in [6, 6.07) is 9.95. The van der Waals surface area contributed by atoms with Gasteiger partial charge in [-0.3, -0.25) is 14.5 Å². The van der Waals surface area contributed by atoms with E-state index in [1.807, 2.05) is 48.1 Å². The largest absolute Gasteiger partial charge is 0.373 e. The van der Waals surface area contributed by atoms with Crippen molar-refractivity contribution in [2.45, 2.75) is 27.0 Å². The standard InChI is InChI=1S/C22H21N5O2/c1-13-5-6-23-11-18(13)15-3-4-19-17(9-15)21(22(28)25-19)14(2)24-20-10-16-12-29-8-7-27(16)26-20/h3-6,9-11H,7-8,12H2,1-2H3,(H,24,26)(H,25,28)/b21-14-. The maximum absolute atomic E-state index is 12.7. The summed E-state index contributed by atoms with van der Waals surface area (Å²) in [4.78, 5) is 16.9. The molecule has 2 aromatic heterocycles. The number of anilines is 2. The van der Waals surface area contributed by atoms with Crippen LogP contribution >= 0.6 is 0 Å². The lowest BCUT2D eigenvalue weighted by Crippen LogP contribution is -2.17. The Morgan fingerprint density at radius 3 is 2.97 bits per heavy atom. The van der Waals surface area contributed by atoms with Gasteiger partial charge in [-0.05, 0) is 43.2 Å². The third kappa shape index (κ3) is 3.09. The lowest BCUT2D eigenvalue weighted by Gasteiger charge is -2.12. The highest BCUT2D eigenvalue weighted by Gasteiger charge is 2.27. The number of amides is 1. The maximum Gasteiger partial charge on any atom is 0.258 e. The average molecular weight is 387 g/mol. The summed E-state index contributed by atoms with van der Waals surface area (Å²) in [5, 5.41) is 10.8. The minimum absolute atomic E-state index is 0.114. The van der Waals surface area contributed by atoms with Crippen molar-refractivity contribution in [3.05, 3.63) is 65.2 Å². The van der Waals surface area contributed by atoms with Crippen molar-refractivity contribution in [2.75, 3.05) is 17.2 Å². The maximum atomic E-state index is 12.7. The molecule has 7 nitrogen and oxygen atoms in total. The van der Waals surface area contributed by atoms with Crippen LogP contribution in [0.5, 0.6) is 0 Å². The molecule has 2 aliphatic heterocycles.